The van der Waals surface area contributed by atoms with Crippen LogP contribution in [0.4, 0.5) is 0 Å². The molecule has 0 aliphatic carbocycles. The van der Waals surface area contributed by atoms with Crippen LogP contribution in [0.25, 0.3) is 0 Å². The molecule has 1 atom stereocenters. The number of carbonyl (C=O) groups excluding carboxylic acids is 1. The lowest BCUT2D eigenvalue weighted by Crippen LogP contribution is -2.41. The number of amides is 1. The number of rotatable bonds is 3. The van der Waals surface area contributed by atoms with Gasteiger partial charge in [-0.05, 0) is 31.7 Å². The third-order valence-electron chi connectivity index (χ3n) is 4.89. The van der Waals surface area contributed by atoms with Gasteiger partial charge in [0.1, 0.15) is 16.5 Å². The number of hydrogen-bond acceptors (Lipinski definition) is 6. The summed E-state index contributed by atoms with van der Waals surface area (Å²) >= 11 is 1.43. The topological polar surface area (TPSA) is 64.5 Å². The summed E-state index contributed by atoms with van der Waals surface area (Å²) in [5.74, 6) is 1.48. The largest absolute Gasteiger partial charge is 0.492 e. The standard InChI is InChI=1S/C18H21N3O3S/c1-3-24-14-4-7-25-15(14)17(22)21-6-5-18(10-21)11-23-9-13-8-19-12(2)20-16(13)18/h4,7-8H,3,5-6,9-11H2,1-2H3/t18-/m1/s1. The van der Waals surface area contributed by atoms with Gasteiger partial charge >= 0.3 is 0 Å². The molecule has 0 aromatic carbocycles. The predicted molar refractivity (Wildman–Crippen MR) is 94.1 cm³/mol. The van der Waals surface area contributed by atoms with Gasteiger partial charge in [-0.2, -0.15) is 0 Å². The molecule has 2 aromatic heterocycles. The summed E-state index contributed by atoms with van der Waals surface area (Å²) in [5.41, 5.74) is 1.87. The number of aryl methyl sites for hydroxylation is 1. The van der Waals surface area contributed by atoms with Gasteiger partial charge in [0.15, 0.2) is 0 Å². The summed E-state index contributed by atoms with van der Waals surface area (Å²) in [6, 6.07) is 1.86. The van der Waals surface area contributed by atoms with Crippen molar-refractivity contribution in [3.05, 3.63) is 39.6 Å². The Kier molecular flexibility index (Phi) is 4.21. The van der Waals surface area contributed by atoms with Crippen molar-refractivity contribution in [1.29, 1.82) is 0 Å². The second-order valence-electron chi connectivity index (χ2n) is 6.59. The Labute approximate surface area is 150 Å². The molecule has 4 rings (SSSR count). The molecule has 1 spiro atoms. The minimum atomic E-state index is -0.222. The van der Waals surface area contributed by atoms with Crippen LogP contribution in [-0.4, -0.2) is 47.1 Å². The molecule has 2 aromatic rings. The van der Waals surface area contributed by atoms with Crippen LogP contribution in [0.3, 0.4) is 0 Å². The van der Waals surface area contributed by atoms with Crippen LogP contribution in [-0.2, 0) is 16.8 Å². The van der Waals surface area contributed by atoms with Crippen molar-refractivity contribution >= 4 is 17.2 Å². The number of thiophene rings is 1. The first-order chi connectivity index (χ1) is 12.1. The van der Waals surface area contributed by atoms with Crippen molar-refractivity contribution in [3.63, 3.8) is 0 Å². The Morgan fingerprint density at radius 3 is 3.24 bits per heavy atom. The summed E-state index contributed by atoms with van der Waals surface area (Å²) < 4.78 is 11.4. The van der Waals surface area contributed by atoms with E-state index < -0.39 is 0 Å². The van der Waals surface area contributed by atoms with Gasteiger partial charge in [-0.25, -0.2) is 9.97 Å². The third kappa shape index (κ3) is 2.81. The zero-order valence-electron chi connectivity index (χ0n) is 14.4. The van der Waals surface area contributed by atoms with Crippen LogP contribution in [0.15, 0.2) is 17.6 Å². The molecule has 1 fully saturated rings. The van der Waals surface area contributed by atoms with Crippen molar-refractivity contribution in [1.82, 2.24) is 14.9 Å². The van der Waals surface area contributed by atoms with Gasteiger partial charge < -0.3 is 14.4 Å². The van der Waals surface area contributed by atoms with Gasteiger partial charge in [0.05, 0.1) is 30.9 Å². The summed E-state index contributed by atoms with van der Waals surface area (Å²) in [4.78, 5) is 24.6. The van der Waals surface area contributed by atoms with E-state index in [-0.39, 0.29) is 11.3 Å². The number of likely N-dealkylation sites (tertiary alicyclic amines) is 1. The molecule has 0 N–H and O–H groups in total. The molecule has 0 bridgehead atoms. The molecular weight excluding hydrogens is 338 g/mol. The van der Waals surface area contributed by atoms with E-state index in [0.717, 1.165) is 23.5 Å². The molecule has 4 heterocycles. The third-order valence-corrected chi connectivity index (χ3v) is 5.77. The Morgan fingerprint density at radius 2 is 2.40 bits per heavy atom. The summed E-state index contributed by atoms with van der Waals surface area (Å²) in [7, 11) is 0. The zero-order valence-corrected chi connectivity index (χ0v) is 15.3. The Hall–Kier alpha value is -1.99. The number of nitrogens with zero attached hydrogens (tertiary/aromatic N) is 3. The van der Waals surface area contributed by atoms with E-state index in [9.17, 15) is 4.79 Å². The van der Waals surface area contributed by atoms with Crippen LogP contribution in [0.1, 0.15) is 40.1 Å². The van der Waals surface area contributed by atoms with Crippen molar-refractivity contribution in [2.75, 3.05) is 26.3 Å². The van der Waals surface area contributed by atoms with Crippen molar-refractivity contribution in [2.45, 2.75) is 32.3 Å². The van der Waals surface area contributed by atoms with Crippen LogP contribution in [0, 0.1) is 6.92 Å². The maximum absolute atomic E-state index is 13.0. The molecule has 1 amide bonds. The first-order valence-corrected chi connectivity index (χ1v) is 9.41. The van der Waals surface area contributed by atoms with Gasteiger partial charge in [0, 0.05) is 24.8 Å². The smallest absolute Gasteiger partial charge is 0.267 e. The molecule has 7 heteroatoms. The van der Waals surface area contributed by atoms with E-state index in [0.29, 0.717) is 43.5 Å². The van der Waals surface area contributed by atoms with E-state index in [1.165, 1.54) is 11.3 Å². The number of fused-ring (bicyclic) bond motifs is 2. The van der Waals surface area contributed by atoms with Crippen LogP contribution < -0.4 is 4.74 Å². The fourth-order valence-electron chi connectivity index (χ4n) is 3.71. The highest BCUT2D eigenvalue weighted by Crippen LogP contribution is 2.40. The fraction of sp³-hybridized carbons (Fsp3) is 0.500. The number of aromatic nitrogens is 2. The van der Waals surface area contributed by atoms with E-state index in [1.54, 1.807) is 0 Å². The Morgan fingerprint density at radius 1 is 1.52 bits per heavy atom. The monoisotopic (exact) mass is 359 g/mol. The molecule has 0 radical (unpaired) electrons. The minimum Gasteiger partial charge on any atom is -0.492 e. The lowest BCUT2D eigenvalue weighted by Gasteiger charge is -2.34. The van der Waals surface area contributed by atoms with Crippen LogP contribution >= 0.6 is 11.3 Å². The quantitative estimate of drug-likeness (QED) is 0.843. The minimum absolute atomic E-state index is 0.0354. The predicted octanol–water partition coefficient (Wildman–Crippen LogP) is 2.56. The van der Waals surface area contributed by atoms with E-state index in [2.05, 4.69) is 4.98 Å². The normalized spacial score (nSPS) is 22.2. The van der Waals surface area contributed by atoms with Crippen LogP contribution in [0.2, 0.25) is 0 Å². The first-order valence-electron chi connectivity index (χ1n) is 8.53. The maximum Gasteiger partial charge on any atom is 0.267 e. The highest BCUT2D eigenvalue weighted by molar-refractivity contribution is 7.12. The van der Waals surface area contributed by atoms with Crippen molar-refractivity contribution in [3.8, 4) is 5.75 Å². The zero-order chi connectivity index (χ0) is 17.4. The van der Waals surface area contributed by atoms with Crippen molar-refractivity contribution < 1.29 is 14.3 Å². The Bertz CT molecular complexity index is 807. The fourth-order valence-corrected chi connectivity index (χ4v) is 4.51. The van der Waals surface area contributed by atoms with E-state index >= 15 is 0 Å². The first kappa shape index (κ1) is 16.5. The number of ether oxygens (including phenoxy) is 2. The molecule has 0 saturated carbocycles. The highest BCUT2D eigenvalue weighted by atomic mass is 32.1. The molecule has 132 valence electrons. The SMILES string of the molecule is CCOc1ccsc1C(=O)N1CC[C@]2(COCc3cnc(C)nc32)C1. The molecule has 1 saturated heterocycles. The van der Waals surface area contributed by atoms with E-state index in [4.69, 9.17) is 14.5 Å². The molecule has 2 aliphatic rings. The van der Waals surface area contributed by atoms with Gasteiger partial charge in [-0.3, -0.25) is 4.79 Å². The van der Waals surface area contributed by atoms with Crippen LogP contribution in [0.5, 0.6) is 5.75 Å². The average molecular weight is 359 g/mol. The summed E-state index contributed by atoms with van der Waals surface area (Å²) in [5, 5.41) is 1.90. The molecule has 6 nitrogen and oxygen atoms in total. The summed E-state index contributed by atoms with van der Waals surface area (Å²) in [6.07, 6.45) is 2.72. The van der Waals surface area contributed by atoms with Gasteiger partial charge in [0.2, 0.25) is 0 Å². The Balaban J connectivity index is 1.61. The second-order valence-corrected chi connectivity index (χ2v) is 7.50. The van der Waals surface area contributed by atoms with Gasteiger partial charge in [-0.1, -0.05) is 0 Å². The second kappa shape index (κ2) is 6.38. The number of carbonyl (C=O) groups is 1. The molecular formula is C18H21N3O3S. The van der Waals surface area contributed by atoms with E-state index in [1.807, 2.05) is 36.4 Å². The lowest BCUT2D eigenvalue weighted by atomic mass is 9.80. The summed E-state index contributed by atoms with van der Waals surface area (Å²) in [6.45, 7) is 6.86. The lowest BCUT2D eigenvalue weighted by molar-refractivity contribution is 0.0483. The maximum atomic E-state index is 13.0. The van der Waals surface area contributed by atoms with Crippen molar-refractivity contribution in [2.24, 2.45) is 0 Å². The van der Waals surface area contributed by atoms with Gasteiger partial charge in [-0.15, -0.1) is 11.3 Å². The van der Waals surface area contributed by atoms with Gasteiger partial charge in [0.25, 0.3) is 5.91 Å². The number of hydrogen-bond donors (Lipinski definition) is 0. The highest BCUT2D eigenvalue weighted by Gasteiger charge is 2.46. The molecule has 0 unspecified atom stereocenters. The molecule has 2 aliphatic heterocycles. The molecule has 25 heavy (non-hydrogen) atoms. The average Bonchev–Trinajstić information content (AvgIpc) is 3.24.